The van der Waals surface area contributed by atoms with Crippen LogP contribution >= 0.6 is 0 Å². The molecule has 0 heterocycles. The Kier molecular flexibility index (Phi) is 5.88. The first-order valence-electron chi connectivity index (χ1n) is 4.92. The first-order chi connectivity index (χ1) is 6.93. The molecular formula is C9H20N4O2. The number of carbonyl (C=O) groups is 2. The van der Waals surface area contributed by atoms with E-state index in [9.17, 15) is 9.59 Å². The summed E-state index contributed by atoms with van der Waals surface area (Å²) in [5.41, 5.74) is 1.98. The Morgan fingerprint density at radius 1 is 1.13 bits per heavy atom. The molecule has 0 aromatic rings. The maximum atomic E-state index is 11.7. The summed E-state index contributed by atoms with van der Waals surface area (Å²) in [6, 6.07) is -0.935. The summed E-state index contributed by atoms with van der Waals surface area (Å²) in [7, 11) is 1.71. The number of nitrogens with two attached hydrogens (primary N) is 1. The van der Waals surface area contributed by atoms with Gasteiger partial charge in [0.1, 0.15) is 6.04 Å². The molecule has 0 aromatic heterocycles. The molecular weight excluding hydrogens is 196 g/mol. The molecule has 6 nitrogen and oxygen atoms in total. The lowest BCUT2D eigenvalue weighted by atomic mass is 10.0. The van der Waals surface area contributed by atoms with Crippen molar-refractivity contribution >= 4 is 11.8 Å². The topological polar surface area (TPSA) is 96.2 Å². The van der Waals surface area contributed by atoms with E-state index < -0.39 is 11.9 Å². The third kappa shape index (κ3) is 4.26. The highest BCUT2D eigenvalue weighted by molar-refractivity contribution is 5.89. The van der Waals surface area contributed by atoms with E-state index in [4.69, 9.17) is 5.84 Å². The number of likely N-dealkylation sites (N-methyl/N-ethyl adjacent to an activating group) is 1. The van der Waals surface area contributed by atoms with Crippen LogP contribution in [0.25, 0.3) is 0 Å². The third-order valence-corrected chi connectivity index (χ3v) is 2.15. The molecule has 0 saturated carbocycles. The van der Waals surface area contributed by atoms with Gasteiger partial charge in [0, 0.05) is 0 Å². The van der Waals surface area contributed by atoms with Crippen molar-refractivity contribution in [1.82, 2.24) is 16.1 Å². The maximum Gasteiger partial charge on any atom is 0.256 e. The summed E-state index contributed by atoms with van der Waals surface area (Å²) in [4.78, 5) is 22.7. The number of rotatable bonds is 5. The number of amides is 2. The van der Waals surface area contributed by atoms with Gasteiger partial charge in [0.05, 0.1) is 6.04 Å². The van der Waals surface area contributed by atoms with Crippen molar-refractivity contribution in [1.29, 1.82) is 0 Å². The molecule has 2 amide bonds. The minimum absolute atomic E-state index is 0.156. The molecule has 0 unspecified atom stereocenters. The van der Waals surface area contributed by atoms with Crippen LogP contribution in [0.4, 0.5) is 0 Å². The van der Waals surface area contributed by atoms with Crippen molar-refractivity contribution in [3.8, 4) is 0 Å². The van der Waals surface area contributed by atoms with Crippen LogP contribution in [0.1, 0.15) is 20.8 Å². The van der Waals surface area contributed by atoms with Crippen LogP contribution in [-0.4, -0.2) is 30.9 Å². The Labute approximate surface area is 89.9 Å². The molecule has 0 aromatic carbocycles. The van der Waals surface area contributed by atoms with Gasteiger partial charge in [-0.3, -0.25) is 15.0 Å². The summed E-state index contributed by atoms with van der Waals surface area (Å²) in [5, 5.41) is 5.46. The normalized spacial score (nSPS) is 14.5. The van der Waals surface area contributed by atoms with Gasteiger partial charge in [-0.2, -0.15) is 0 Å². The molecule has 0 bridgehead atoms. The van der Waals surface area contributed by atoms with E-state index in [2.05, 4.69) is 10.6 Å². The zero-order valence-electron chi connectivity index (χ0n) is 9.63. The van der Waals surface area contributed by atoms with Gasteiger partial charge < -0.3 is 10.6 Å². The fraction of sp³-hybridized carbons (Fsp3) is 0.778. The van der Waals surface area contributed by atoms with Gasteiger partial charge in [-0.25, -0.2) is 5.84 Å². The average Bonchev–Trinajstić information content (AvgIpc) is 2.16. The summed E-state index contributed by atoms with van der Waals surface area (Å²) < 4.78 is 0. The maximum absolute atomic E-state index is 11.7. The highest BCUT2D eigenvalue weighted by Crippen LogP contribution is 2.01. The Morgan fingerprint density at radius 3 is 2.00 bits per heavy atom. The van der Waals surface area contributed by atoms with Gasteiger partial charge in [0.2, 0.25) is 5.91 Å². The molecule has 0 aliphatic carbocycles. The van der Waals surface area contributed by atoms with E-state index in [1.807, 2.05) is 19.3 Å². The van der Waals surface area contributed by atoms with Gasteiger partial charge in [-0.15, -0.1) is 0 Å². The second-order valence-electron chi connectivity index (χ2n) is 3.75. The van der Waals surface area contributed by atoms with E-state index >= 15 is 0 Å². The standard InChI is InChI=1S/C9H20N4O2/c1-5(2)7(11-4)9(15)12-6(3)8(14)13-10/h5-7,11H,10H2,1-4H3,(H,12,15)(H,13,14)/t6-,7-/m0/s1. The lowest BCUT2D eigenvalue weighted by molar-refractivity contribution is -0.130. The van der Waals surface area contributed by atoms with Gasteiger partial charge in [-0.05, 0) is 19.9 Å². The summed E-state index contributed by atoms with van der Waals surface area (Å²) in [5.74, 6) is 4.49. The zero-order chi connectivity index (χ0) is 12.0. The number of nitrogens with one attached hydrogen (secondary N) is 3. The first kappa shape index (κ1) is 13.9. The Morgan fingerprint density at radius 2 is 1.67 bits per heavy atom. The molecule has 0 spiro atoms. The van der Waals surface area contributed by atoms with E-state index in [1.54, 1.807) is 14.0 Å². The summed E-state index contributed by atoms with van der Waals surface area (Å²) in [6.07, 6.45) is 0. The van der Waals surface area contributed by atoms with Crippen LogP contribution in [0.3, 0.4) is 0 Å². The van der Waals surface area contributed by atoms with Crippen LogP contribution in [0.5, 0.6) is 0 Å². The van der Waals surface area contributed by atoms with Gasteiger partial charge >= 0.3 is 0 Å². The van der Waals surface area contributed by atoms with Crippen molar-refractivity contribution in [3.63, 3.8) is 0 Å². The Bertz CT molecular complexity index is 230. The van der Waals surface area contributed by atoms with Crippen LogP contribution < -0.4 is 21.9 Å². The second-order valence-corrected chi connectivity index (χ2v) is 3.75. The summed E-state index contributed by atoms with van der Waals surface area (Å²) in [6.45, 7) is 5.43. The molecule has 5 N–H and O–H groups in total. The molecule has 0 radical (unpaired) electrons. The molecule has 2 atom stereocenters. The quantitative estimate of drug-likeness (QED) is 0.261. The monoisotopic (exact) mass is 216 g/mol. The van der Waals surface area contributed by atoms with Crippen LogP contribution in [-0.2, 0) is 9.59 Å². The third-order valence-electron chi connectivity index (χ3n) is 2.15. The highest BCUT2D eigenvalue weighted by atomic mass is 16.2. The van der Waals surface area contributed by atoms with Crippen molar-refractivity contribution < 1.29 is 9.59 Å². The van der Waals surface area contributed by atoms with Crippen molar-refractivity contribution in [2.75, 3.05) is 7.05 Å². The van der Waals surface area contributed by atoms with Crippen molar-refractivity contribution in [2.24, 2.45) is 11.8 Å². The minimum atomic E-state index is -0.628. The fourth-order valence-corrected chi connectivity index (χ4v) is 1.26. The lowest BCUT2D eigenvalue weighted by Crippen LogP contribution is -2.53. The number of hydrogen-bond donors (Lipinski definition) is 4. The smallest absolute Gasteiger partial charge is 0.256 e. The first-order valence-corrected chi connectivity index (χ1v) is 4.92. The zero-order valence-corrected chi connectivity index (χ0v) is 9.63. The molecule has 0 aliphatic rings. The fourth-order valence-electron chi connectivity index (χ4n) is 1.26. The molecule has 15 heavy (non-hydrogen) atoms. The number of hydrogen-bond acceptors (Lipinski definition) is 4. The second kappa shape index (κ2) is 6.36. The van der Waals surface area contributed by atoms with Gasteiger partial charge in [0.15, 0.2) is 0 Å². The Balaban J connectivity index is 4.28. The molecule has 0 aliphatic heterocycles. The predicted octanol–water partition coefficient (Wildman–Crippen LogP) is -1.27. The predicted molar refractivity (Wildman–Crippen MR) is 57.6 cm³/mol. The Hall–Kier alpha value is -1.14. The lowest BCUT2D eigenvalue weighted by Gasteiger charge is -2.21. The van der Waals surface area contributed by atoms with Crippen LogP contribution in [0, 0.1) is 5.92 Å². The highest BCUT2D eigenvalue weighted by Gasteiger charge is 2.23. The molecule has 88 valence electrons. The van der Waals surface area contributed by atoms with E-state index in [1.165, 1.54) is 0 Å². The molecule has 0 fully saturated rings. The van der Waals surface area contributed by atoms with E-state index in [-0.39, 0.29) is 17.9 Å². The van der Waals surface area contributed by atoms with Gasteiger partial charge in [-0.1, -0.05) is 13.8 Å². The number of hydrazine groups is 1. The van der Waals surface area contributed by atoms with Crippen LogP contribution in [0.15, 0.2) is 0 Å². The van der Waals surface area contributed by atoms with Gasteiger partial charge in [0.25, 0.3) is 5.91 Å². The summed E-state index contributed by atoms with van der Waals surface area (Å²) >= 11 is 0. The van der Waals surface area contributed by atoms with Crippen molar-refractivity contribution in [2.45, 2.75) is 32.9 Å². The van der Waals surface area contributed by atoms with E-state index in [0.717, 1.165) is 0 Å². The van der Waals surface area contributed by atoms with Crippen molar-refractivity contribution in [3.05, 3.63) is 0 Å². The molecule has 0 saturated heterocycles. The largest absolute Gasteiger partial charge is 0.343 e. The van der Waals surface area contributed by atoms with E-state index in [0.29, 0.717) is 0 Å². The van der Waals surface area contributed by atoms with Crippen LogP contribution in [0.2, 0.25) is 0 Å². The number of carbonyl (C=O) groups excluding carboxylic acids is 2. The average molecular weight is 216 g/mol. The minimum Gasteiger partial charge on any atom is -0.343 e. The SMILES string of the molecule is CN[C@H](C(=O)N[C@@H](C)C(=O)NN)C(C)C. The molecule has 6 heteroatoms. The molecule has 0 rings (SSSR count).